The molecule has 0 aliphatic carbocycles. The molecule has 0 aliphatic rings. The van der Waals surface area contributed by atoms with E-state index in [0.717, 1.165) is 17.2 Å². The molecule has 0 spiro atoms. The topological polar surface area (TPSA) is 25.8 Å². The largest absolute Gasteiger partial charge is 0.238 e. The third-order valence-electron chi connectivity index (χ3n) is 1.71. The van der Waals surface area contributed by atoms with E-state index in [9.17, 15) is 0 Å². The summed E-state index contributed by atoms with van der Waals surface area (Å²) in [5.41, 5.74) is 1.88. The summed E-state index contributed by atoms with van der Waals surface area (Å²) in [6, 6.07) is 1.92. The molecule has 0 fully saturated rings. The summed E-state index contributed by atoms with van der Waals surface area (Å²) in [7, 11) is 0. The first kappa shape index (κ1) is 10.5. The number of nitrogens with zero attached hydrogens (tertiary/aromatic N) is 2. The molecule has 1 rings (SSSR count). The first-order valence-corrected chi connectivity index (χ1v) is 4.88. The van der Waals surface area contributed by atoms with Crippen molar-refractivity contribution in [3.8, 4) is 0 Å². The van der Waals surface area contributed by atoms with Crippen molar-refractivity contribution in [1.82, 2.24) is 9.97 Å². The molecule has 2 nitrogen and oxygen atoms in total. The zero-order valence-electron chi connectivity index (χ0n) is 8.56. The SMILES string of the molecule is Cc1cc(CCl)nc(C(C)(C)C)n1. The van der Waals surface area contributed by atoms with Crippen molar-refractivity contribution in [1.29, 1.82) is 0 Å². The van der Waals surface area contributed by atoms with Crippen LogP contribution in [0.4, 0.5) is 0 Å². The van der Waals surface area contributed by atoms with E-state index < -0.39 is 0 Å². The third kappa shape index (κ3) is 2.66. The average molecular weight is 199 g/mol. The fourth-order valence-corrected chi connectivity index (χ4v) is 1.17. The van der Waals surface area contributed by atoms with Crippen LogP contribution in [0, 0.1) is 6.92 Å². The van der Waals surface area contributed by atoms with E-state index in [1.807, 2.05) is 13.0 Å². The van der Waals surface area contributed by atoms with Crippen molar-refractivity contribution in [3.05, 3.63) is 23.3 Å². The smallest absolute Gasteiger partial charge is 0.134 e. The number of aryl methyl sites for hydroxylation is 1. The first-order chi connectivity index (χ1) is 5.93. The lowest BCUT2D eigenvalue weighted by molar-refractivity contribution is 0.540. The van der Waals surface area contributed by atoms with Gasteiger partial charge in [-0.1, -0.05) is 20.8 Å². The lowest BCUT2D eigenvalue weighted by atomic mass is 9.95. The van der Waals surface area contributed by atoms with E-state index in [1.165, 1.54) is 0 Å². The molecule has 3 heteroatoms. The lowest BCUT2D eigenvalue weighted by Gasteiger charge is -2.17. The van der Waals surface area contributed by atoms with Crippen molar-refractivity contribution < 1.29 is 0 Å². The highest BCUT2D eigenvalue weighted by molar-refractivity contribution is 6.16. The van der Waals surface area contributed by atoms with Gasteiger partial charge in [-0.3, -0.25) is 0 Å². The van der Waals surface area contributed by atoms with Crippen LogP contribution in [0.2, 0.25) is 0 Å². The molecule has 0 bridgehead atoms. The quantitative estimate of drug-likeness (QED) is 0.649. The minimum absolute atomic E-state index is 0.00711. The van der Waals surface area contributed by atoms with Gasteiger partial charge in [0.2, 0.25) is 0 Å². The minimum Gasteiger partial charge on any atom is -0.238 e. The van der Waals surface area contributed by atoms with Crippen LogP contribution in [-0.2, 0) is 11.3 Å². The summed E-state index contributed by atoms with van der Waals surface area (Å²) in [5, 5.41) is 0. The number of aromatic nitrogens is 2. The molecule has 0 radical (unpaired) electrons. The summed E-state index contributed by atoms with van der Waals surface area (Å²) >= 11 is 5.73. The summed E-state index contributed by atoms with van der Waals surface area (Å²) in [6.45, 7) is 8.26. The number of hydrogen-bond acceptors (Lipinski definition) is 2. The van der Waals surface area contributed by atoms with Crippen LogP contribution in [0.3, 0.4) is 0 Å². The Labute approximate surface area is 84.4 Å². The molecule has 1 aromatic heterocycles. The van der Waals surface area contributed by atoms with Gasteiger partial charge in [0, 0.05) is 11.1 Å². The Hall–Kier alpha value is -0.630. The fourth-order valence-electron chi connectivity index (χ4n) is 1.04. The normalized spacial score (nSPS) is 11.8. The van der Waals surface area contributed by atoms with Crippen LogP contribution >= 0.6 is 11.6 Å². The molecule has 0 N–H and O–H groups in total. The van der Waals surface area contributed by atoms with Gasteiger partial charge < -0.3 is 0 Å². The van der Waals surface area contributed by atoms with Crippen molar-refractivity contribution >= 4 is 11.6 Å². The summed E-state index contributed by atoms with van der Waals surface area (Å²) < 4.78 is 0. The van der Waals surface area contributed by atoms with E-state index in [2.05, 4.69) is 30.7 Å². The molecule has 0 atom stereocenters. The van der Waals surface area contributed by atoms with Crippen LogP contribution in [0.1, 0.15) is 38.0 Å². The van der Waals surface area contributed by atoms with Gasteiger partial charge in [0.15, 0.2) is 0 Å². The lowest BCUT2D eigenvalue weighted by Crippen LogP contribution is -2.17. The average Bonchev–Trinajstić information content (AvgIpc) is 2.01. The van der Waals surface area contributed by atoms with Gasteiger partial charge in [-0.15, -0.1) is 11.6 Å². The monoisotopic (exact) mass is 198 g/mol. The van der Waals surface area contributed by atoms with Crippen molar-refractivity contribution in [2.75, 3.05) is 0 Å². The van der Waals surface area contributed by atoms with E-state index in [4.69, 9.17) is 11.6 Å². The fraction of sp³-hybridized carbons (Fsp3) is 0.600. The summed E-state index contributed by atoms with van der Waals surface area (Å²) in [5.74, 6) is 1.31. The number of rotatable bonds is 1. The van der Waals surface area contributed by atoms with Crippen molar-refractivity contribution in [2.45, 2.75) is 39.0 Å². The van der Waals surface area contributed by atoms with Crippen LogP contribution in [-0.4, -0.2) is 9.97 Å². The Kier molecular flexibility index (Phi) is 2.91. The van der Waals surface area contributed by atoms with Gasteiger partial charge in [0.1, 0.15) is 5.82 Å². The van der Waals surface area contributed by atoms with Gasteiger partial charge in [-0.25, -0.2) is 9.97 Å². The molecule has 0 unspecified atom stereocenters. The molecule has 1 heterocycles. The van der Waals surface area contributed by atoms with E-state index >= 15 is 0 Å². The zero-order chi connectivity index (χ0) is 10.1. The maximum atomic E-state index is 5.73. The third-order valence-corrected chi connectivity index (χ3v) is 1.99. The zero-order valence-corrected chi connectivity index (χ0v) is 9.31. The Bertz CT molecular complexity index is 302. The minimum atomic E-state index is -0.00711. The van der Waals surface area contributed by atoms with Gasteiger partial charge >= 0.3 is 0 Å². The van der Waals surface area contributed by atoms with Crippen LogP contribution in [0.25, 0.3) is 0 Å². The van der Waals surface area contributed by atoms with Crippen LogP contribution in [0.15, 0.2) is 6.07 Å². The van der Waals surface area contributed by atoms with E-state index in [0.29, 0.717) is 5.88 Å². The summed E-state index contributed by atoms with van der Waals surface area (Å²) in [6.07, 6.45) is 0. The van der Waals surface area contributed by atoms with Gasteiger partial charge in [-0.2, -0.15) is 0 Å². The molecule has 0 amide bonds. The molecular formula is C10H15ClN2. The maximum absolute atomic E-state index is 5.73. The highest BCUT2D eigenvalue weighted by atomic mass is 35.5. The van der Waals surface area contributed by atoms with E-state index in [1.54, 1.807) is 0 Å². The Morgan fingerprint density at radius 1 is 1.31 bits per heavy atom. The first-order valence-electron chi connectivity index (χ1n) is 4.34. The molecule has 1 aromatic rings. The number of alkyl halides is 1. The molecule has 72 valence electrons. The van der Waals surface area contributed by atoms with Crippen molar-refractivity contribution in [3.63, 3.8) is 0 Å². The second kappa shape index (κ2) is 3.62. The number of halogens is 1. The predicted octanol–water partition coefficient (Wildman–Crippen LogP) is 2.82. The summed E-state index contributed by atoms with van der Waals surface area (Å²) in [4.78, 5) is 8.76. The Morgan fingerprint density at radius 3 is 2.38 bits per heavy atom. The number of hydrogen-bond donors (Lipinski definition) is 0. The highest BCUT2D eigenvalue weighted by Gasteiger charge is 2.17. The maximum Gasteiger partial charge on any atom is 0.134 e. The highest BCUT2D eigenvalue weighted by Crippen LogP contribution is 2.19. The van der Waals surface area contributed by atoms with Crippen LogP contribution < -0.4 is 0 Å². The van der Waals surface area contributed by atoms with Gasteiger partial charge in [0.05, 0.1) is 11.6 Å². The van der Waals surface area contributed by atoms with Crippen LogP contribution in [0.5, 0.6) is 0 Å². The standard InChI is InChI=1S/C10H15ClN2/c1-7-5-8(6-11)13-9(12-7)10(2,3)4/h5H,6H2,1-4H3. The predicted molar refractivity (Wildman–Crippen MR) is 55.0 cm³/mol. The van der Waals surface area contributed by atoms with E-state index in [-0.39, 0.29) is 5.41 Å². The molecular weight excluding hydrogens is 184 g/mol. The molecule has 0 saturated heterocycles. The Balaban J connectivity index is 3.16. The van der Waals surface area contributed by atoms with Gasteiger partial charge in [-0.05, 0) is 13.0 Å². The second-order valence-electron chi connectivity index (χ2n) is 4.21. The molecule has 0 saturated carbocycles. The van der Waals surface area contributed by atoms with Gasteiger partial charge in [0.25, 0.3) is 0 Å². The molecule has 13 heavy (non-hydrogen) atoms. The second-order valence-corrected chi connectivity index (χ2v) is 4.48. The molecule has 0 aromatic carbocycles. The Morgan fingerprint density at radius 2 is 1.92 bits per heavy atom. The molecule has 0 aliphatic heterocycles. The van der Waals surface area contributed by atoms with Crippen molar-refractivity contribution in [2.24, 2.45) is 0 Å².